The van der Waals surface area contributed by atoms with Crippen molar-refractivity contribution in [3.8, 4) is 5.75 Å². The molecule has 0 radical (unpaired) electrons. The van der Waals surface area contributed by atoms with Gasteiger partial charge in [0.25, 0.3) is 11.6 Å². The molecule has 2 amide bonds. The lowest BCUT2D eigenvalue weighted by Gasteiger charge is -2.36. The first kappa shape index (κ1) is 23.2. The summed E-state index contributed by atoms with van der Waals surface area (Å²) >= 11 is 6.09. The lowest BCUT2D eigenvalue weighted by atomic mass is 9.97. The van der Waals surface area contributed by atoms with E-state index >= 15 is 0 Å². The summed E-state index contributed by atoms with van der Waals surface area (Å²) in [6.07, 6.45) is 0.526. The molecule has 0 heterocycles. The van der Waals surface area contributed by atoms with Crippen LogP contribution in [0.1, 0.15) is 45.6 Å². The Hall–Kier alpha value is -3.98. The van der Waals surface area contributed by atoms with Gasteiger partial charge in [-0.2, -0.15) is 0 Å². The van der Waals surface area contributed by atoms with Crippen LogP contribution in [0.5, 0.6) is 5.75 Å². The Kier molecular flexibility index (Phi) is 6.21. The van der Waals surface area contributed by atoms with E-state index in [1.54, 1.807) is 0 Å². The Balaban J connectivity index is 1.92. The number of nitrogens with zero attached hydrogens (tertiary/aromatic N) is 2. The van der Waals surface area contributed by atoms with Crippen LogP contribution >= 0.6 is 11.6 Å². The number of halogens is 2. The molecule has 0 saturated carbocycles. The van der Waals surface area contributed by atoms with Crippen molar-refractivity contribution in [3.63, 3.8) is 0 Å². The molecule has 0 unspecified atom stereocenters. The number of primary amides is 1. The number of nitro benzene ring substituents is 1. The molecule has 1 aliphatic rings. The Morgan fingerprint density at radius 1 is 1.18 bits per heavy atom. The third-order valence-electron chi connectivity index (χ3n) is 5.87. The van der Waals surface area contributed by atoms with E-state index in [0.29, 0.717) is 11.1 Å². The zero-order chi connectivity index (χ0) is 24.6. The summed E-state index contributed by atoms with van der Waals surface area (Å²) in [5.41, 5.74) is 6.21. The molecule has 0 aliphatic heterocycles. The molecule has 10 heteroatoms. The number of aromatic hydroxyl groups is 1. The minimum atomic E-state index is -1.44. The van der Waals surface area contributed by atoms with Crippen molar-refractivity contribution < 1.29 is 24.0 Å². The van der Waals surface area contributed by atoms with Crippen molar-refractivity contribution in [2.45, 2.75) is 24.9 Å². The topological polar surface area (TPSA) is 127 Å². The molecule has 34 heavy (non-hydrogen) atoms. The minimum absolute atomic E-state index is 0.102. The molecule has 0 aromatic heterocycles. The largest absolute Gasteiger partial charge is 0.507 e. The number of amides is 2. The molecular formula is C24H19ClFN3O5. The standard InChI is InChI=1S/C24H19ClFN3O5/c25-14-11-18-16(19(26)12-14)8-9-20(18)28(24(32)17-6-1-2-7-21(17)30)22(23(27)31)13-4-3-5-15(10-13)29(33)34/h1-7,10-12,20,22,30H,8-9H2,(H2,27,31)/t20-,22-/m1/s1. The molecule has 174 valence electrons. The highest BCUT2D eigenvalue weighted by atomic mass is 35.5. The highest BCUT2D eigenvalue weighted by Gasteiger charge is 2.41. The van der Waals surface area contributed by atoms with Crippen LogP contribution in [0, 0.1) is 15.9 Å². The number of carbonyl (C=O) groups excluding carboxylic acids is 2. The van der Waals surface area contributed by atoms with Crippen molar-refractivity contribution in [1.82, 2.24) is 4.90 Å². The fourth-order valence-electron chi connectivity index (χ4n) is 4.41. The monoisotopic (exact) mass is 483 g/mol. The first-order valence-electron chi connectivity index (χ1n) is 10.3. The lowest BCUT2D eigenvalue weighted by molar-refractivity contribution is -0.384. The van der Waals surface area contributed by atoms with Crippen molar-refractivity contribution in [2.24, 2.45) is 5.73 Å². The number of non-ortho nitro benzene ring substituents is 1. The highest BCUT2D eigenvalue weighted by Crippen LogP contribution is 2.43. The Bertz CT molecular complexity index is 1320. The molecule has 0 bridgehead atoms. The smallest absolute Gasteiger partial charge is 0.269 e. The molecular weight excluding hydrogens is 465 g/mol. The molecule has 0 spiro atoms. The summed E-state index contributed by atoms with van der Waals surface area (Å²) in [7, 11) is 0. The average Bonchev–Trinajstić information content (AvgIpc) is 3.20. The number of nitrogens with two attached hydrogens (primary N) is 1. The van der Waals surface area contributed by atoms with Crippen LogP contribution in [0.25, 0.3) is 0 Å². The van der Waals surface area contributed by atoms with E-state index in [-0.39, 0.29) is 40.4 Å². The zero-order valence-electron chi connectivity index (χ0n) is 17.7. The molecule has 0 fully saturated rings. The van der Waals surface area contributed by atoms with Gasteiger partial charge < -0.3 is 15.7 Å². The summed E-state index contributed by atoms with van der Waals surface area (Å²) in [5.74, 6) is -2.55. The van der Waals surface area contributed by atoms with Gasteiger partial charge in [0, 0.05) is 17.2 Å². The molecule has 3 aromatic carbocycles. The fraction of sp³-hybridized carbons (Fsp3) is 0.167. The molecule has 2 atom stereocenters. The number of hydrogen-bond donors (Lipinski definition) is 2. The Labute approximate surface area is 198 Å². The number of rotatable bonds is 6. The van der Waals surface area contributed by atoms with Crippen LogP contribution in [0.2, 0.25) is 5.02 Å². The van der Waals surface area contributed by atoms with E-state index in [1.807, 2.05) is 0 Å². The second-order valence-electron chi connectivity index (χ2n) is 7.90. The van der Waals surface area contributed by atoms with Crippen LogP contribution < -0.4 is 5.73 Å². The van der Waals surface area contributed by atoms with Gasteiger partial charge in [-0.25, -0.2) is 4.39 Å². The number of nitro groups is 1. The number of para-hydroxylation sites is 1. The second-order valence-corrected chi connectivity index (χ2v) is 8.33. The predicted molar refractivity (Wildman–Crippen MR) is 122 cm³/mol. The fourth-order valence-corrected chi connectivity index (χ4v) is 4.63. The maximum absolute atomic E-state index is 14.6. The Morgan fingerprint density at radius 2 is 1.91 bits per heavy atom. The van der Waals surface area contributed by atoms with Crippen molar-refractivity contribution in [1.29, 1.82) is 0 Å². The molecule has 0 saturated heterocycles. The van der Waals surface area contributed by atoms with Gasteiger partial charge in [-0.1, -0.05) is 35.9 Å². The van der Waals surface area contributed by atoms with Crippen LogP contribution in [-0.4, -0.2) is 26.7 Å². The molecule has 1 aliphatic carbocycles. The zero-order valence-corrected chi connectivity index (χ0v) is 18.4. The third-order valence-corrected chi connectivity index (χ3v) is 6.09. The molecule has 4 rings (SSSR count). The highest BCUT2D eigenvalue weighted by molar-refractivity contribution is 6.30. The molecule has 3 N–H and O–H groups in total. The van der Waals surface area contributed by atoms with Gasteiger partial charge >= 0.3 is 0 Å². The minimum Gasteiger partial charge on any atom is -0.507 e. The summed E-state index contributed by atoms with van der Waals surface area (Å²) in [6.45, 7) is 0. The van der Waals surface area contributed by atoms with Crippen LogP contribution in [0.3, 0.4) is 0 Å². The molecule has 8 nitrogen and oxygen atoms in total. The van der Waals surface area contributed by atoms with Gasteiger partial charge in [-0.05, 0) is 53.8 Å². The van der Waals surface area contributed by atoms with Crippen LogP contribution in [0.15, 0.2) is 60.7 Å². The van der Waals surface area contributed by atoms with Crippen LogP contribution in [-0.2, 0) is 11.2 Å². The van der Waals surface area contributed by atoms with Crippen molar-refractivity contribution >= 4 is 29.1 Å². The lowest BCUT2D eigenvalue weighted by Crippen LogP contribution is -2.43. The number of carbonyl (C=O) groups is 2. The van der Waals surface area contributed by atoms with Gasteiger partial charge in [0.05, 0.1) is 16.5 Å². The summed E-state index contributed by atoms with van der Waals surface area (Å²) in [5, 5.41) is 21.8. The first-order chi connectivity index (χ1) is 16.2. The van der Waals surface area contributed by atoms with Gasteiger partial charge in [0.1, 0.15) is 17.6 Å². The van der Waals surface area contributed by atoms with E-state index in [9.17, 15) is 29.2 Å². The molecule has 3 aromatic rings. The quantitative estimate of drug-likeness (QED) is 0.395. The number of fused-ring (bicyclic) bond motifs is 1. The normalized spacial score (nSPS) is 15.4. The van der Waals surface area contributed by atoms with E-state index in [0.717, 1.165) is 11.0 Å². The van der Waals surface area contributed by atoms with E-state index < -0.39 is 34.6 Å². The number of phenolic OH excluding ortho intramolecular Hbond substituents is 1. The van der Waals surface area contributed by atoms with Crippen LogP contribution in [0.4, 0.5) is 10.1 Å². The third kappa shape index (κ3) is 4.17. The first-order valence-corrected chi connectivity index (χ1v) is 10.7. The van der Waals surface area contributed by atoms with E-state index in [4.69, 9.17) is 17.3 Å². The van der Waals surface area contributed by atoms with Gasteiger partial charge in [0.15, 0.2) is 0 Å². The van der Waals surface area contributed by atoms with Gasteiger partial charge in [0.2, 0.25) is 5.91 Å². The maximum atomic E-state index is 14.6. The summed E-state index contributed by atoms with van der Waals surface area (Å²) in [4.78, 5) is 38.4. The summed E-state index contributed by atoms with van der Waals surface area (Å²) in [6, 6.07) is 11.4. The van der Waals surface area contributed by atoms with Gasteiger partial charge in [-0.3, -0.25) is 19.7 Å². The Morgan fingerprint density at radius 3 is 2.59 bits per heavy atom. The number of phenols is 1. The predicted octanol–water partition coefficient (Wildman–Crippen LogP) is 4.45. The van der Waals surface area contributed by atoms with Crippen molar-refractivity contribution in [3.05, 3.63) is 104 Å². The maximum Gasteiger partial charge on any atom is 0.269 e. The second kappa shape index (κ2) is 9.11. The number of hydrogen-bond acceptors (Lipinski definition) is 5. The van der Waals surface area contributed by atoms with Gasteiger partial charge in [-0.15, -0.1) is 0 Å². The number of benzene rings is 3. The summed E-state index contributed by atoms with van der Waals surface area (Å²) < 4.78 is 14.6. The van der Waals surface area contributed by atoms with E-state index in [2.05, 4.69) is 0 Å². The SMILES string of the molecule is NC(=O)[C@@H](c1cccc([N+](=O)[O-])c1)N(C(=O)c1ccccc1O)[C@@H]1CCc2c(F)cc(Cl)cc21. The van der Waals surface area contributed by atoms with Crippen molar-refractivity contribution in [2.75, 3.05) is 0 Å². The van der Waals surface area contributed by atoms with E-state index in [1.165, 1.54) is 54.6 Å². The average molecular weight is 484 g/mol.